The van der Waals surface area contributed by atoms with Crippen LogP contribution in [0.1, 0.15) is 63.5 Å². The van der Waals surface area contributed by atoms with E-state index in [1.165, 1.54) is 19.3 Å². The number of hydrogen-bond donors (Lipinski definition) is 3. The molecule has 2 aromatic rings. The zero-order chi connectivity index (χ0) is 24.3. The molecular formula is C22H29N7O4. The summed E-state index contributed by atoms with van der Waals surface area (Å²) in [5.74, 6) is -0.0992. The number of hydroxylamine groups is 2. The first-order chi connectivity index (χ1) is 15.3. The third-order valence-electron chi connectivity index (χ3n) is 6.10. The summed E-state index contributed by atoms with van der Waals surface area (Å²) in [6, 6.07) is 3.16. The summed E-state index contributed by atoms with van der Waals surface area (Å²) in [5.41, 5.74) is 4.25. The number of carbonyl (C=O) groups excluding carboxylic acids is 2. The van der Waals surface area contributed by atoms with Gasteiger partial charge in [0.15, 0.2) is 0 Å². The van der Waals surface area contributed by atoms with Crippen LogP contribution in [0.25, 0.3) is 0 Å². The minimum absolute atomic E-state index is 0.264. The van der Waals surface area contributed by atoms with E-state index in [0.717, 1.165) is 0 Å². The highest BCUT2D eigenvalue weighted by atomic mass is 16.7. The minimum atomic E-state index is -1.000. The molecule has 11 nitrogen and oxygen atoms in total. The fourth-order valence-corrected chi connectivity index (χ4v) is 5.51. The average Bonchev–Trinajstić information content (AvgIpc) is 2.93. The lowest BCUT2D eigenvalue weighted by Gasteiger charge is -2.56. The number of piperidine rings is 1. The van der Waals surface area contributed by atoms with Gasteiger partial charge in [0.25, 0.3) is 11.5 Å². The van der Waals surface area contributed by atoms with Gasteiger partial charge in [0.05, 0.1) is 11.1 Å². The van der Waals surface area contributed by atoms with Gasteiger partial charge in [-0.3, -0.25) is 19.0 Å². The van der Waals surface area contributed by atoms with Gasteiger partial charge >= 0.3 is 5.97 Å². The maximum Gasteiger partial charge on any atom is 0.322 e. The van der Waals surface area contributed by atoms with Gasteiger partial charge in [-0.25, -0.2) is 9.97 Å². The van der Waals surface area contributed by atoms with Crippen LogP contribution in [0.5, 0.6) is 0 Å². The highest BCUT2D eigenvalue weighted by Crippen LogP contribution is 2.48. The zero-order valence-electron chi connectivity index (χ0n) is 19.6. The number of aromatic nitrogens is 3. The molecule has 2 aromatic heterocycles. The van der Waals surface area contributed by atoms with Crippen molar-refractivity contribution in [2.45, 2.75) is 71.1 Å². The Kier molecular flexibility index (Phi) is 5.01. The number of fused-ring (bicyclic) bond motifs is 2. The second-order valence-corrected chi connectivity index (χ2v) is 10.0. The van der Waals surface area contributed by atoms with Crippen molar-refractivity contribution < 1.29 is 14.4 Å². The number of rotatable bonds is 3. The van der Waals surface area contributed by atoms with Crippen molar-refractivity contribution >= 4 is 29.2 Å². The molecule has 1 saturated heterocycles. The number of pyridine rings is 1. The van der Waals surface area contributed by atoms with Crippen molar-refractivity contribution in [3.8, 4) is 0 Å². The molecule has 1 spiro atoms. The number of nitrogens with two attached hydrogens (primary N) is 1. The van der Waals surface area contributed by atoms with E-state index in [1.807, 2.05) is 27.7 Å². The fraction of sp³-hybridized carbons (Fsp3) is 0.500. The normalized spacial score (nSPS) is 20.2. The lowest BCUT2D eigenvalue weighted by Crippen LogP contribution is -2.69. The highest BCUT2D eigenvalue weighted by molar-refractivity contribution is 5.97. The first-order valence-electron chi connectivity index (χ1n) is 10.7. The summed E-state index contributed by atoms with van der Waals surface area (Å²) < 4.78 is 1.55. The minimum Gasteiger partial charge on any atom is -0.384 e. The lowest BCUT2D eigenvalue weighted by molar-refractivity contribution is -0.278. The van der Waals surface area contributed by atoms with Gasteiger partial charge in [0, 0.05) is 25.8 Å². The molecule has 2 aliphatic rings. The standard InChI is InChI=1S/C22H29N7O4/c1-12-7-14(26-16-8-15(23)24-11-25-16)19(32)28-17(12)18(31)27-22(28)9-20(3,4)29(33-13(2)30)21(5,6)10-22/h7-8,11H,9-10H2,1-6H3,(H,27,31)(H3,23,24,25,26). The Morgan fingerprint density at radius 1 is 1.15 bits per heavy atom. The molecule has 11 heteroatoms. The van der Waals surface area contributed by atoms with Crippen molar-refractivity contribution in [2.24, 2.45) is 0 Å². The molecule has 0 aromatic carbocycles. The molecule has 0 unspecified atom stereocenters. The molecule has 2 aliphatic heterocycles. The molecule has 176 valence electrons. The third kappa shape index (κ3) is 3.71. The highest BCUT2D eigenvalue weighted by Gasteiger charge is 2.59. The zero-order valence-corrected chi connectivity index (χ0v) is 19.6. The van der Waals surface area contributed by atoms with Gasteiger partial charge < -0.3 is 21.2 Å². The molecular weight excluding hydrogens is 426 g/mol. The van der Waals surface area contributed by atoms with Crippen molar-refractivity contribution in [1.82, 2.24) is 24.9 Å². The SMILES string of the molecule is CC(=O)ON1C(C)(C)CC2(CC1(C)C)NC(=O)c1c(C)cc(Nc3cc(N)ncn3)c(=O)n12. The molecule has 33 heavy (non-hydrogen) atoms. The first-order valence-corrected chi connectivity index (χ1v) is 10.7. The second kappa shape index (κ2) is 7.27. The van der Waals surface area contributed by atoms with Crippen LogP contribution in [0.3, 0.4) is 0 Å². The van der Waals surface area contributed by atoms with E-state index in [-0.39, 0.29) is 23.0 Å². The van der Waals surface area contributed by atoms with Crippen molar-refractivity contribution in [2.75, 3.05) is 11.1 Å². The van der Waals surface area contributed by atoms with Gasteiger partial charge in [0.1, 0.15) is 35.0 Å². The maximum atomic E-state index is 13.7. The number of carbonyl (C=O) groups is 2. The largest absolute Gasteiger partial charge is 0.384 e. The van der Waals surface area contributed by atoms with E-state index in [4.69, 9.17) is 10.6 Å². The number of nitrogens with one attached hydrogen (secondary N) is 2. The summed E-state index contributed by atoms with van der Waals surface area (Å²) in [4.78, 5) is 52.1. The Labute approximate surface area is 191 Å². The molecule has 4 rings (SSSR count). The molecule has 0 bridgehead atoms. The summed E-state index contributed by atoms with van der Waals surface area (Å²) in [5, 5.41) is 7.77. The van der Waals surface area contributed by atoms with E-state index < -0.39 is 22.7 Å². The molecule has 0 atom stereocenters. The number of aryl methyl sites for hydroxylation is 1. The predicted octanol–water partition coefficient (Wildman–Crippen LogP) is 1.80. The monoisotopic (exact) mass is 455 g/mol. The van der Waals surface area contributed by atoms with E-state index in [9.17, 15) is 14.4 Å². The van der Waals surface area contributed by atoms with Crippen LogP contribution in [0.2, 0.25) is 0 Å². The molecule has 0 aliphatic carbocycles. The Morgan fingerprint density at radius 3 is 2.36 bits per heavy atom. The van der Waals surface area contributed by atoms with Crippen LogP contribution >= 0.6 is 0 Å². The van der Waals surface area contributed by atoms with Gasteiger partial charge in [-0.15, -0.1) is 5.06 Å². The predicted molar refractivity (Wildman–Crippen MR) is 122 cm³/mol. The average molecular weight is 456 g/mol. The maximum absolute atomic E-state index is 13.7. The van der Waals surface area contributed by atoms with Crippen LogP contribution in [0, 0.1) is 6.92 Å². The molecule has 0 radical (unpaired) electrons. The number of hydrogen-bond acceptors (Lipinski definition) is 9. The summed E-state index contributed by atoms with van der Waals surface area (Å²) >= 11 is 0. The Hall–Kier alpha value is -3.47. The number of amides is 1. The van der Waals surface area contributed by atoms with Crippen molar-refractivity contribution in [1.29, 1.82) is 0 Å². The van der Waals surface area contributed by atoms with Gasteiger partial charge in [-0.1, -0.05) is 0 Å². The second-order valence-electron chi connectivity index (χ2n) is 10.0. The van der Waals surface area contributed by atoms with Crippen LogP contribution in [0.15, 0.2) is 23.3 Å². The van der Waals surface area contributed by atoms with Crippen LogP contribution < -0.4 is 21.9 Å². The number of nitrogens with zero attached hydrogens (tertiary/aromatic N) is 4. The van der Waals surface area contributed by atoms with Gasteiger partial charge in [0.2, 0.25) is 0 Å². The molecule has 4 heterocycles. The van der Waals surface area contributed by atoms with Crippen LogP contribution in [-0.2, 0) is 15.3 Å². The fourth-order valence-electron chi connectivity index (χ4n) is 5.51. The molecule has 1 fully saturated rings. The van der Waals surface area contributed by atoms with Crippen LogP contribution in [-0.4, -0.2) is 42.6 Å². The molecule has 0 saturated carbocycles. The van der Waals surface area contributed by atoms with Crippen molar-refractivity contribution in [3.63, 3.8) is 0 Å². The van der Waals surface area contributed by atoms with Gasteiger partial charge in [-0.05, 0) is 46.2 Å². The Balaban J connectivity index is 1.85. The summed E-state index contributed by atoms with van der Waals surface area (Å²) in [6.07, 6.45) is 2.00. The Morgan fingerprint density at radius 2 is 1.79 bits per heavy atom. The molecule has 4 N–H and O–H groups in total. The Bertz CT molecular complexity index is 1200. The first kappa shape index (κ1) is 22.7. The molecule has 1 amide bonds. The van der Waals surface area contributed by atoms with E-state index >= 15 is 0 Å². The quantitative estimate of drug-likeness (QED) is 0.631. The van der Waals surface area contributed by atoms with E-state index in [0.29, 0.717) is 29.9 Å². The van der Waals surface area contributed by atoms with Gasteiger partial charge in [-0.2, -0.15) is 0 Å². The lowest BCUT2D eigenvalue weighted by atomic mass is 9.75. The summed E-state index contributed by atoms with van der Waals surface area (Å²) in [7, 11) is 0. The van der Waals surface area contributed by atoms with Crippen molar-refractivity contribution in [3.05, 3.63) is 40.1 Å². The smallest absolute Gasteiger partial charge is 0.322 e. The van der Waals surface area contributed by atoms with E-state index in [2.05, 4.69) is 20.6 Å². The topological polar surface area (TPSA) is 144 Å². The van der Waals surface area contributed by atoms with Crippen LogP contribution in [0.4, 0.5) is 17.3 Å². The third-order valence-corrected chi connectivity index (χ3v) is 6.10. The van der Waals surface area contributed by atoms with E-state index in [1.54, 1.807) is 22.6 Å². The summed E-state index contributed by atoms with van der Waals surface area (Å²) in [6.45, 7) is 10.8. The number of nitrogen functional groups attached to an aromatic ring is 1. The number of anilines is 3.